The largest absolute Gasteiger partial charge is 0.368 e. The Labute approximate surface area is 199 Å². The highest BCUT2D eigenvalue weighted by Crippen LogP contribution is 2.17. The zero-order valence-electron chi connectivity index (χ0n) is 19.6. The van der Waals surface area contributed by atoms with E-state index in [0.717, 1.165) is 11.3 Å². The fourth-order valence-electron chi connectivity index (χ4n) is 4.06. The molecule has 0 unspecified atom stereocenters. The highest BCUT2D eigenvalue weighted by Gasteiger charge is 2.26. The predicted molar refractivity (Wildman–Crippen MR) is 133 cm³/mol. The van der Waals surface area contributed by atoms with Gasteiger partial charge in [0.25, 0.3) is 11.8 Å². The number of anilines is 1. The molecule has 2 heterocycles. The van der Waals surface area contributed by atoms with Gasteiger partial charge < -0.3 is 19.7 Å². The zero-order valence-corrected chi connectivity index (χ0v) is 19.6. The topological polar surface area (TPSA) is 74.6 Å². The van der Waals surface area contributed by atoms with Crippen LogP contribution in [0.2, 0.25) is 0 Å². The number of hydrogen-bond donors (Lipinski definition) is 1. The molecule has 0 atom stereocenters. The van der Waals surface area contributed by atoms with Gasteiger partial charge in [0.05, 0.1) is 0 Å². The predicted octanol–water partition coefficient (Wildman–Crippen LogP) is 3.32. The molecule has 1 fully saturated rings. The normalized spacial score (nSPS) is 13.7. The van der Waals surface area contributed by atoms with Crippen LogP contribution in [0.25, 0.3) is 0 Å². The number of piperazine rings is 1. The molecule has 34 heavy (non-hydrogen) atoms. The summed E-state index contributed by atoms with van der Waals surface area (Å²) >= 11 is 0. The van der Waals surface area contributed by atoms with Crippen LogP contribution in [-0.4, -0.2) is 47.5 Å². The Morgan fingerprint density at radius 2 is 1.44 bits per heavy atom. The first-order chi connectivity index (χ1) is 16.4. The van der Waals surface area contributed by atoms with E-state index in [1.54, 1.807) is 15.7 Å². The molecule has 0 radical (unpaired) electrons. The second-order valence-electron chi connectivity index (χ2n) is 8.74. The molecular formula is C27H30N4O3. The number of aromatic nitrogens is 1. The van der Waals surface area contributed by atoms with E-state index in [1.165, 1.54) is 6.20 Å². The zero-order chi connectivity index (χ0) is 24.1. The molecule has 4 rings (SSSR count). The first kappa shape index (κ1) is 23.3. The lowest BCUT2D eigenvalue weighted by atomic mass is 10.1. The molecule has 176 valence electrons. The summed E-state index contributed by atoms with van der Waals surface area (Å²) in [6.07, 6.45) is 3.12. The van der Waals surface area contributed by atoms with Gasteiger partial charge in [0.15, 0.2) is 0 Å². The Hall–Kier alpha value is -3.87. The Balaban J connectivity index is 1.53. The van der Waals surface area contributed by atoms with Gasteiger partial charge in [0, 0.05) is 56.8 Å². The van der Waals surface area contributed by atoms with Crippen molar-refractivity contribution in [2.75, 3.05) is 31.1 Å². The number of amides is 2. The lowest BCUT2D eigenvalue weighted by molar-refractivity contribution is 0.0744. The van der Waals surface area contributed by atoms with Gasteiger partial charge in [-0.15, -0.1) is 0 Å². The Morgan fingerprint density at radius 1 is 0.853 bits per heavy atom. The summed E-state index contributed by atoms with van der Waals surface area (Å²) < 4.78 is 1.76. The van der Waals surface area contributed by atoms with Crippen LogP contribution in [0, 0.1) is 0 Å². The molecule has 7 heteroatoms. The van der Waals surface area contributed by atoms with Crippen molar-refractivity contribution in [3.63, 3.8) is 0 Å². The smallest absolute Gasteiger partial charge is 0.259 e. The summed E-state index contributed by atoms with van der Waals surface area (Å²) in [5.74, 6) is -0.809. The van der Waals surface area contributed by atoms with Gasteiger partial charge in [0.2, 0.25) is 5.43 Å². The van der Waals surface area contributed by atoms with Crippen molar-refractivity contribution in [2.45, 2.75) is 26.4 Å². The minimum Gasteiger partial charge on any atom is -0.368 e. The van der Waals surface area contributed by atoms with Gasteiger partial charge in [-0.3, -0.25) is 14.4 Å². The summed E-state index contributed by atoms with van der Waals surface area (Å²) in [7, 11) is 0. The molecule has 2 aromatic carbocycles. The number of nitrogens with one attached hydrogen (secondary N) is 1. The van der Waals surface area contributed by atoms with E-state index >= 15 is 0 Å². The SMILES string of the molecule is CC(C)n1cc(C(=O)NCc2ccccc2)c(=O)c(C(=O)N2CCN(c3ccccc3)CC2)c1. The molecule has 3 aromatic rings. The van der Waals surface area contributed by atoms with Gasteiger partial charge in [-0.2, -0.15) is 0 Å². The number of para-hydroxylation sites is 1. The minimum absolute atomic E-state index is 0.0113. The minimum atomic E-state index is -0.530. The highest BCUT2D eigenvalue weighted by molar-refractivity contribution is 5.99. The summed E-state index contributed by atoms with van der Waals surface area (Å²) in [6.45, 7) is 6.60. The lowest BCUT2D eigenvalue weighted by Crippen LogP contribution is -2.50. The fraction of sp³-hybridized carbons (Fsp3) is 0.296. The van der Waals surface area contributed by atoms with Crippen LogP contribution in [0.1, 0.15) is 46.2 Å². The van der Waals surface area contributed by atoms with Gasteiger partial charge in [-0.1, -0.05) is 48.5 Å². The third-order valence-corrected chi connectivity index (χ3v) is 6.10. The number of carbonyl (C=O) groups is 2. The van der Waals surface area contributed by atoms with Gasteiger partial charge in [-0.05, 0) is 31.5 Å². The maximum absolute atomic E-state index is 13.4. The highest BCUT2D eigenvalue weighted by atomic mass is 16.2. The van der Waals surface area contributed by atoms with Crippen molar-refractivity contribution in [3.05, 3.63) is 100.0 Å². The molecular weight excluding hydrogens is 428 g/mol. The maximum atomic E-state index is 13.4. The van der Waals surface area contributed by atoms with E-state index in [2.05, 4.69) is 22.3 Å². The number of pyridine rings is 1. The molecule has 1 aromatic heterocycles. The monoisotopic (exact) mass is 458 g/mol. The molecule has 0 spiro atoms. The van der Waals surface area contributed by atoms with Crippen LogP contribution in [0.3, 0.4) is 0 Å². The first-order valence-electron chi connectivity index (χ1n) is 11.6. The van der Waals surface area contributed by atoms with Crippen molar-refractivity contribution in [3.8, 4) is 0 Å². The first-order valence-corrected chi connectivity index (χ1v) is 11.6. The van der Waals surface area contributed by atoms with Crippen LogP contribution in [-0.2, 0) is 6.54 Å². The number of hydrogen-bond acceptors (Lipinski definition) is 4. The second kappa shape index (κ2) is 10.4. The lowest BCUT2D eigenvalue weighted by Gasteiger charge is -2.36. The molecule has 1 aliphatic heterocycles. The summed E-state index contributed by atoms with van der Waals surface area (Å²) in [5, 5.41) is 2.81. The van der Waals surface area contributed by atoms with Gasteiger partial charge >= 0.3 is 0 Å². The fourth-order valence-corrected chi connectivity index (χ4v) is 4.06. The van der Waals surface area contributed by atoms with Gasteiger partial charge in [0.1, 0.15) is 11.1 Å². The van der Waals surface area contributed by atoms with E-state index in [9.17, 15) is 14.4 Å². The third kappa shape index (κ3) is 5.20. The van der Waals surface area contributed by atoms with Crippen LogP contribution in [0.5, 0.6) is 0 Å². The Kier molecular flexibility index (Phi) is 7.11. The average molecular weight is 459 g/mol. The van der Waals surface area contributed by atoms with Gasteiger partial charge in [-0.25, -0.2) is 0 Å². The molecule has 1 N–H and O–H groups in total. The molecule has 1 saturated heterocycles. The molecule has 2 amide bonds. The van der Waals surface area contributed by atoms with Crippen LogP contribution < -0.4 is 15.6 Å². The van der Waals surface area contributed by atoms with Crippen molar-refractivity contribution >= 4 is 17.5 Å². The number of nitrogens with zero attached hydrogens (tertiary/aromatic N) is 3. The van der Waals surface area contributed by atoms with E-state index in [4.69, 9.17) is 0 Å². The molecule has 7 nitrogen and oxygen atoms in total. The van der Waals surface area contributed by atoms with Crippen molar-refractivity contribution in [1.82, 2.24) is 14.8 Å². The van der Waals surface area contributed by atoms with Crippen molar-refractivity contribution in [1.29, 1.82) is 0 Å². The second-order valence-corrected chi connectivity index (χ2v) is 8.74. The van der Waals surface area contributed by atoms with E-state index in [-0.39, 0.29) is 23.1 Å². The molecule has 0 bridgehead atoms. The van der Waals surface area contributed by atoms with E-state index in [0.29, 0.717) is 32.7 Å². The van der Waals surface area contributed by atoms with Crippen LogP contribution in [0.15, 0.2) is 77.9 Å². The number of benzene rings is 2. The van der Waals surface area contributed by atoms with E-state index in [1.807, 2.05) is 62.4 Å². The van der Waals surface area contributed by atoms with Crippen LogP contribution in [0.4, 0.5) is 5.69 Å². The Bertz CT molecular complexity index is 1200. The van der Waals surface area contributed by atoms with Crippen LogP contribution >= 0.6 is 0 Å². The summed E-state index contributed by atoms with van der Waals surface area (Å²) in [5.41, 5.74) is 1.54. The Morgan fingerprint density at radius 3 is 2.06 bits per heavy atom. The van der Waals surface area contributed by atoms with Crippen molar-refractivity contribution in [2.24, 2.45) is 0 Å². The summed E-state index contributed by atoms with van der Waals surface area (Å²) in [4.78, 5) is 43.4. The molecule has 0 aliphatic carbocycles. The quantitative estimate of drug-likeness (QED) is 0.615. The number of carbonyl (C=O) groups excluding carboxylic acids is 2. The maximum Gasteiger partial charge on any atom is 0.259 e. The summed E-state index contributed by atoms with van der Waals surface area (Å²) in [6, 6.07) is 19.6. The molecule has 0 saturated carbocycles. The average Bonchev–Trinajstić information content (AvgIpc) is 2.88. The molecule has 1 aliphatic rings. The standard InChI is InChI=1S/C27H30N4O3/c1-20(2)31-18-23(26(33)28-17-21-9-5-3-6-10-21)25(32)24(19-31)27(34)30-15-13-29(14-16-30)22-11-7-4-8-12-22/h3-12,18-20H,13-17H2,1-2H3,(H,28,33). The van der Waals surface area contributed by atoms with E-state index < -0.39 is 11.3 Å². The van der Waals surface area contributed by atoms with Crippen molar-refractivity contribution < 1.29 is 9.59 Å². The third-order valence-electron chi connectivity index (χ3n) is 6.10. The number of rotatable bonds is 6.